The van der Waals surface area contributed by atoms with Crippen molar-refractivity contribution in [3.05, 3.63) is 12.7 Å². The maximum Gasteiger partial charge on any atom is 0.187 e. The summed E-state index contributed by atoms with van der Waals surface area (Å²) in [6.07, 6.45) is -3.64. The van der Waals surface area contributed by atoms with Gasteiger partial charge in [-0.15, -0.1) is 6.58 Å². The van der Waals surface area contributed by atoms with E-state index in [0.29, 0.717) is 12.8 Å². The minimum Gasteiger partial charge on any atom is -0.394 e. The number of rotatable bonds is 4. The van der Waals surface area contributed by atoms with E-state index in [1.807, 2.05) is 20.8 Å². The van der Waals surface area contributed by atoms with Crippen molar-refractivity contribution in [3.8, 4) is 0 Å². The van der Waals surface area contributed by atoms with E-state index in [9.17, 15) is 20.4 Å². The van der Waals surface area contributed by atoms with Gasteiger partial charge < -0.3 is 34.6 Å². The molecule has 23 heavy (non-hydrogen) atoms. The fraction of sp³-hybridized carbons (Fsp3) is 0.875. The lowest BCUT2D eigenvalue weighted by Crippen LogP contribution is -2.61. The zero-order valence-electron chi connectivity index (χ0n) is 13.9. The average Bonchev–Trinajstić information content (AvgIpc) is 2.49. The monoisotopic (exact) mass is 332 g/mol. The third-order valence-electron chi connectivity index (χ3n) is 4.75. The maximum atomic E-state index is 10.1. The van der Waals surface area contributed by atoms with Gasteiger partial charge in [0.15, 0.2) is 6.29 Å². The van der Waals surface area contributed by atoms with Crippen molar-refractivity contribution in [1.82, 2.24) is 0 Å². The van der Waals surface area contributed by atoms with E-state index in [1.54, 1.807) is 6.08 Å². The van der Waals surface area contributed by atoms with E-state index in [-0.39, 0.29) is 6.10 Å². The first-order valence-electron chi connectivity index (χ1n) is 7.93. The van der Waals surface area contributed by atoms with E-state index in [4.69, 9.17) is 14.2 Å². The van der Waals surface area contributed by atoms with Crippen LogP contribution < -0.4 is 0 Å². The van der Waals surface area contributed by atoms with Gasteiger partial charge in [0.2, 0.25) is 0 Å². The Morgan fingerprint density at radius 3 is 2.35 bits per heavy atom. The van der Waals surface area contributed by atoms with Crippen molar-refractivity contribution in [3.63, 3.8) is 0 Å². The van der Waals surface area contributed by atoms with Gasteiger partial charge in [0.1, 0.15) is 24.4 Å². The van der Waals surface area contributed by atoms with Crippen LogP contribution in [0.3, 0.4) is 0 Å². The van der Waals surface area contributed by atoms with Crippen molar-refractivity contribution < 1.29 is 34.6 Å². The number of hydrogen-bond donors (Lipinski definition) is 4. The van der Waals surface area contributed by atoms with Gasteiger partial charge in [-0.1, -0.05) is 6.08 Å². The molecule has 0 aromatic heterocycles. The molecule has 2 heterocycles. The maximum absolute atomic E-state index is 10.1. The van der Waals surface area contributed by atoms with E-state index in [0.717, 1.165) is 0 Å². The summed E-state index contributed by atoms with van der Waals surface area (Å²) in [6.45, 7) is 9.02. The first-order chi connectivity index (χ1) is 10.6. The van der Waals surface area contributed by atoms with Crippen molar-refractivity contribution in [1.29, 1.82) is 0 Å². The van der Waals surface area contributed by atoms with Crippen molar-refractivity contribution in [2.24, 2.45) is 0 Å². The molecule has 0 spiro atoms. The van der Waals surface area contributed by atoms with Crippen molar-refractivity contribution >= 4 is 0 Å². The first-order valence-corrected chi connectivity index (χ1v) is 7.93. The second kappa shape index (κ2) is 6.76. The van der Waals surface area contributed by atoms with Crippen LogP contribution in [-0.2, 0) is 14.2 Å². The highest BCUT2D eigenvalue weighted by Crippen LogP contribution is 2.39. The van der Waals surface area contributed by atoms with Crippen LogP contribution in [0.25, 0.3) is 0 Å². The molecule has 0 aromatic carbocycles. The topological polar surface area (TPSA) is 109 Å². The first kappa shape index (κ1) is 18.8. The average molecular weight is 332 g/mol. The molecule has 2 saturated heterocycles. The molecule has 0 aliphatic carbocycles. The standard InChI is InChI=1S/C16H28O7/c1-5-16(4)7-6-10(15(2,3)23-16)22-14-13(20)12(19)11(18)9(8-17)21-14/h5,9-14,17-20H,1,6-8H2,2-4H3/t9-,10+,11-,12+,13-,14+,16-/m1/s1. The third-order valence-corrected chi connectivity index (χ3v) is 4.75. The molecule has 0 amide bonds. The lowest BCUT2D eigenvalue weighted by Gasteiger charge is -2.49. The molecule has 0 bridgehead atoms. The van der Waals surface area contributed by atoms with Crippen LogP contribution >= 0.6 is 0 Å². The smallest absolute Gasteiger partial charge is 0.187 e. The second-order valence-corrected chi connectivity index (χ2v) is 7.08. The molecule has 2 fully saturated rings. The number of ether oxygens (including phenoxy) is 3. The molecular formula is C16H28O7. The summed E-state index contributed by atoms with van der Waals surface area (Å²) in [5, 5.41) is 38.9. The lowest BCUT2D eigenvalue weighted by atomic mass is 9.85. The SMILES string of the molecule is C=C[C@]1(C)CC[C@H](O[C@@H]2O[C@H](CO)[C@@H](O)[C@H](O)[C@H]2O)C(C)(C)O1. The summed E-state index contributed by atoms with van der Waals surface area (Å²) >= 11 is 0. The fourth-order valence-corrected chi connectivity index (χ4v) is 3.20. The zero-order valence-corrected chi connectivity index (χ0v) is 13.9. The predicted molar refractivity (Wildman–Crippen MR) is 81.6 cm³/mol. The summed E-state index contributed by atoms with van der Waals surface area (Å²) in [5.74, 6) is 0. The highest BCUT2D eigenvalue weighted by atomic mass is 16.7. The van der Waals surface area contributed by atoms with Gasteiger partial charge in [-0.25, -0.2) is 0 Å². The summed E-state index contributed by atoms with van der Waals surface area (Å²) in [6, 6.07) is 0. The molecule has 7 atom stereocenters. The van der Waals surface area contributed by atoms with Crippen molar-refractivity contribution in [2.45, 2.75) is 81.6 Å². The Bertz CT molecular complexity index is 425. The predicted octanol–water partition coefficient (Wildman–Crippen LogP) is -0.295. The van der Waals surface area contributed by atoms with Crippen LogP contribution in [0.1, 0.15) is 33.6 Å². The number of aliphatic hydroxyl groups excluding tert-OH is 4. The Kier molecular flexibility index (Phi) is 5.52. The van der Waals surface area contributed by atoms with E-state index in [1.165, 1.54) is 0 Å². The number of aliphatic hydroxyl groups is 4. The minimum absolute atomic E-state index is 0.378. The molecule has 0 unspecified atom stereocenters. The van der Waals surface area contributed by atoms with E-state index < -0.39 is 48.5 Å². The van der Waals surface area contributed by atoms with Crippen LogP contribution in [-0.4, -0.2) is 75.0 Å². The van der Waals surface area contributed by atoms with Gasteiger partial charge in [0.25, 0.3) is 0 Å². The highest BCUT2D eigenvalue weighted by molar-refractivity contribution is 5.02. The summed E-state index contributed by atoms with van der Waals surface area (Å²) in [4.78, 5) is 0. The van der Waals surface area contributed by atoms with Crippen LogP contribution in [0.5, 0.6) is 0 Å². The van der Waals surface area contributed by atoms with Gasteiger partial charge >= 0.3 is 0 Å². The number of hydrogen-bond acceptors (Lipinski definition) is 7. The Labute approximate surface area is 136 Å². The Morgan fingerprint density at radius 1 is 1.17 bits per heavy atom. The molecule has 4 N–H and O–H groups in total. The van der Waals surface area contributed by atoms with Crippen LogP contribution in [0, 0.1) is 0 Å². The van der Waals surface area contributed by atoms with Gasteiger partial charge in [-0.05, 0) is 33.6 Å². The molecule has 2 aliphatic rings. The zero-order chi connectivity index (χ0) is 17.4. The van der Waals surface area contributed by atoms with Crippen LogP contribution in [0.2, 0.25) is 0 Å². The molecule has 134 valence electrons. The fourth-order valence-electron chi connectivity index (χ4n) is 3.20. The Hall–Kier alpha value is -0.540. The van der Waals surface area contributed by atoms with E-state index in [2.05, 4.69) is 6.58 Å². The van der Waals surface area contributed by atoms with E-state index >= 15 is 0 Å². The largest absolute Gasteiger partial charge is 0.394 e. The highest BCUT2D eigenvalue weighted by Gasteiger charge is 2.49. The van der Waals surface area contributed by atoms with Gasteiger partial charge in [0, 0.05) is 0 Å². The normalized spacial score (nSPS) is 47.3. The molecule has 7 heteroatoms. The molecule has 7 nitrogen and oxygen atoms in total. The molecule has 2 rings (SSSR count). The van der Waals surface area contributed by atoms with Crippen LogP contribution in [0.4, 0.5) is 0 Å². The third kappa shape index (κ3) is 3.76. The summed E-state index contributed by atoms with van der Waals surface area (Å²) in [7, 11) is 0. The van der Waals surface area contributed by atoms with Crippen LogP contribution in [0.15, 0.2) is 12.7 Å². The van der Waals surface area contributed by atoms with Gasteiger partial charge in [-0.3, -0.25) is 0 Å². The van der Waals surface area contributed by atoms with Crippen molar-refractivity contribution in [2.75, 3.05) is 6.61 Å². The van der Waals surface area contributed by atoms with Gasteiger partial charge in [-0.2, -0.15) is 0 Å². The molecule has 2 aliphatic heterocycles. The Balaban J connectivity index is 2.07. The summed E-state index contributed by atoms with van der Waals surface area (Å²) < 4.78 is 17.3. The Morgan fingerprint density at radius 2 is 1.83 bits per heavy atom. The lowest BCUT2D eigenvalue weighted by molar-refractivity contribution is -0.334. The second-order valence-electron chi connectivity index (χ2n) is 7.08. The molecule has 0 aromatic rings. The van der Waals surface area contributed by atoms with Gasteiger partial charge in [0.05, 0.1) is 23.9 Å². The molecule has 0 radical (unpaired) electrons. The molecule has 0 saturated carbocycles. The summed E-state index contributed by atoms with van der Waals surface area (Å²) in [5.41, 5.74) is -1.10. The quantitative estimate of drug-likeness (QED) is 0.524. The molecular weight excluding hydrogens is 304 g/mol. The minimum atomic E-state index is -1.45.